The second-order valence-electron chi connectivity index (χ2n) is 3.72. The smallest absolute Gasteiger partial charge is 0.481 e. The number of carboxylic acid groups (broad SMARTS) is 2. The van der Waals surface area contributed by atoms with E-state index in [1.54, 1.807) is 0 Å². The van der Waals surface area contributed by atoms with E-state index in [0.717, 1.165) is 12.8 Å². The van der Waals surface area contributed by atoms with Crippen LogP contribution in [0.1, 0.15) is 52.4 Å². The van der Waals surface area contributed by atoms with E-state index in [2.05, 4.69) is 0 Å². The third kappa shape index (κ3) is 26.0. The monoisotopic (exact) mass is 314 g/mol. The summed E-state index contributed by atoms with van der Waals surface area (Å²) in [5.41, 5.74) is 0. The van der Waals surface area contributed by atoms with E-state index in [4.69, 9.17) is 10.2 Å². The zero-order valence-corrected chi connectivity index (χ0v) is 14.2. The summed E-state index contributed by atoms with van der Waals surface area (Å²) in [4.78, 5) is 40.7. The molecular formula is C12H20Al2O6+6. The number of hydrogen-bond donors (Lipinski definition) is 2. The van der Waals surface area contributed by atoms with Crippen LogP contribution >= 0.6 is 0 Å². The summed E-state index contributed by atoms with van der Waals surface area (Å²) >= 11 is 0. The van der Waals surface area contributed by atoms with Crippen molar-refractivity contribution < 1.29 is 29.4 Å². The van der Waals surface area contributed by atoms with Crippen LogP contribution in [0.4, 0.5) is 0 Å². The van der Waals surface area contributed by atoms with E-state index in [0.29, 0.717) is 12.8 Å². The number of ketones is 2. The fourth-order valence-corrected chi connectivity index (χ4v) is 1.07. The van der Waals surface area contributed by atoms with Crippen molar-refractivity contribution in [3.8, 4) is 0 Å². The van der Waals surface area contributed by atoms with Gasteiger partial charge >= 0.3 is 46.7 Å². The fourth-order valence-electron chi connectivity index (χ4n) is 1.07. The van der Waals surface area contributed by atoms with Crippen molar-refractivity contribution in [2.45, 2.75) is 52.4 Å². The van der Waals surface area contributed by atoms with Crippen LogP contribution in [0.3, 0.4) is 0 Å². The summed E-state index contributed by atoms with van der Waals surface area (Å²) in [6.45, 7) is 3.69. The maximum absolute atomic E-state index is 10.5. The Hall–Kier alpha value is -0.655. The Balaban J connectivity index is -0.000000116. The predicted octanol–water partition coefficient (Wildman–Crippen LogP) is 0.899. The molecule has 0 bridgehead atoms. The molecular weight excluding hydrogens is 294 g/mol. The second kappa shape index (κ2) is 18.3. The molecule has 0 amide bonds. The number of rotatable bonds is 8. The summed E-state index contributed by atoms with van der Waals surface area (Å²) in [7, 11) is 0. The van der Waals surface area contributed by atoms with Gasteiger partial charge in [0.1, 0.15) is 24.4 Å². The van der Waals surface area contributed by atoms with E-state index in [1.165, 1.54) is 0 Å². The molecule has 0 aromatic rings. The topological polar surface area (TPSA) is 109 Å². The molecule has 0 aliphatic rings. The van der Waals surface area contributed by atoms with Crippen molar-refractivity contribution >= 4 is 58.2 Å². The van der Waals surface area contributed by atoms with Crippen molar-refractivity contribution in [3.05, 3.63) is 0 Å². The van der Waals surface area contributed by atoms with Crippen molar-refractivity contribution in [1.29, 1.82) is 0 Å². The summed E-state index contributed by atoms with van der Waals surface area (Å²) in [6.07, 6.45) is 1.57. The summed E-state index contributed by atoms with van der Waals surface area (Å²) in [5.74, 6) is -2.45. The van der Waals surface area contributed by atoms with E-state index < -0.39 is 11.9 Å². The van der Waals surface area contributed by atoms with Gasteiger partial charge in [-0.1, -0.05) is 13.8 Å². The molecule has 0 atom stereocenters. The van der Waals surface area contributed by atoms with Gasteiger partial charge in [0.25, 0.3) is 0 Å². The van der Waals surface area contributed by atoms with E-state index in [-0.39, 0.29) is 59.1 Å². The molecule has 0 unspecified atom stereocenters. The molecule has 6 nitrogen and oxygen atoms in total. The van der Waals surface area contributed by atoms with Crippen LogP contribution in [0, 0.1) is 0 Å². The van der Waals surface area contributed by atoms with Gasteiger partial charge in [-0.3, -0.25) is 19.2 Å². The van der Waals surface area contributed by atoms with Gasteiger partial charge in [-0.15, -0.1) is 0 Å². The fraction of sp³-hybridized carbons (Fsp3) is 0.667. The summed E-state index contributed by atoms with van der Waals surface area (Å²) in [6, 6.07) is 0. The van der Waals surface area contributed by atoms with E-state index in [1.807, 2.05) is 13.8 Å². The second-order valence-corrected chi connectivity index (χ2v) is 3.72. The number of carboxylic acids is 2. The van der Waals surface area contributed by atoms with Crippen LogP contribution in [0.2, 0.25) is 0 Å². The Labute approximate surface area is 140 Å². The normalized spacial score (nSPS) is 8.10. The van der Waals surface area contributed by atoms with Crippen LogP contribution in [0.5, 0.6) is 0 Å². The van der Waals surface area contributed by atoms with E-state index >= 15 is 0 Å². The first kappa shape index (κ1) is 27.6. The molecule has 0 rings (SSSR count). The maximum atomic E-state index is 10.5. The molecule has 0 radical (unpaired) electrons. The van der Waals surface area contributed by atoms with E-state index in [9.17, 15) is 19.2 Å². The molecule has 104 valence electrons. The molecule has 0 saturated carbocycles. The van der Waals surface area contributed by atoms with Crippen LogP contribution < -0.4 is 0 Å². The van der Waals surface area contributed by atoms with Gasteiger partial charge in [0.05, 0.1) is 0 Å². The molecule has 0 spiro atoms. The van der Waals surface area contributed by atoms with Gasteiger partial charge in [0.15, 0.2) is 0 Å². The Bertz CT molecular complexity index is 274. The molecule has 0 fully saturated rings. The Morgan fingerprint density at radius 2 is 0.950 bits per heavy atom. The SMILES string of the molecule is CCCC(=O)CC(=O)O.CCCC(=O)CC(=O)O.[Al+3].[Al+3]. The van der Waals surface area contributed by atoms with Gasteiger partial charge in [0, 0.05) is 12.8 Å². The first-order valence-corrected chi connectivity index (χ1v) is 5.80. The van der Waals surface area contributed by atoms with Crippen molar-refractivity contribution in [2.75, 3.05) is 0 Å². The molecule has 0 aromatic heterocycles. The zero-order chi connectivity index (χ0) is 14.6. The van der Waals surface area contributed by atoms with Crippen molar-refractivity contribution in [1.82, 2.24) is 0 Å². The summed E-state index contributed by atoms with van der Waals surface area (Å²) < 4.78 is 0. The summed E-state index contributed by atoms with van der Waals surface area (Å²) in [5, 5.41) is 16.2. The molecule has 2 N–H and O–H groups in total. The largest absolute Gasteiger partial charge is 3.00 e. The van der Waals surface area contributed by atoms with Crippen molar-refractivity contribution in [3.63, 3.8) is 0 Å². The first-order chi connectivity index (χ1) is 8.33. The van der Waals surface area contributed by atoms with Crippen LogP contribution in [0.15, 0.2) is 0 Å². The molecule has 0 aromatic carbocycles. The quantitative estimate of drug-likeness (QED) is 0.509. The van der Waals surface area contributed by atoms with Gasteiger partial charge in [-0.25, -0.2) is 0 Å². The average Bonchev–Trinajstić information content (AvgIpc) is 2.16. The maximum Gasteiger partial charge on any atom is 3.00 e. The standard InChI is InChI=1S/2C6H10O3.2Al/c2*1-2-3-5(7)4-6(8)9;;/h2*2-4H2,1H3,(H,8,9);;/q;;2*+3. The molecule has 20 heavy (non-hydrogen) atoms. The number of carbonyl (C=O) groups excluding carboxylic acids is 2. The Kier molecular flexibility index (Phi) is 25.4. The van der Waals surface area contributed by atoms with Gasteiger partial charge in [0.2, 0.25) is 0 Å². The minimum Gasteiger partial charge on any atom is -0.481 e. The van der Waals surface area contributed by atoms with Gasteiger partial charge in [-0.05, 0) is 12.8 Å². The third-order valence-corrected chi connectivity index (χ3v) is 1.75. The number of carbonyl (C=O) groups is 4. The number of hydrogen-bond acceptors (Lipinski definition) is 4. The molecule has 8 heteroatoms. The first-order valence-electron chi connectivity index (χ1n) is 5.80. The number of Topliss-reactive ketones (excluding diaryl/α,β-unsaturated/α-hetero) is 2. The molecule has 0 saturated heterocycles. The Morgan fingerprint density at radius 3 is 1.10 bits per heavy atom. The van der Waals surface area contributed by atoms with Crippen LogP contribution in [0.25, 0.3) is 0 Å². The number of aliphatic carboxylic acids is 2. The Morgan fingerprint density at radius 1 is 0.700 bits per heavy atom. The minimum atomic E-state index is -1.03. The minimum absolute atomic E-state index is 0. The third-order valence-electron chi connectivity index (χ3n) is 1.75. The molecule has 0 aliphatic heterocycles. The van der Waals surface area contributed by atoms with Crippen molar-refractivity contribution in [2.24, 2.45) is 0 Å². The predicted molar refractivity (Wildman–Crippen MR) is 75.8 cm³/mol. The van der Waals surface area contributed by atoms with Crippen LogP contribution in [-0.4, -0.2) is 68.4 Å². The molecule has 0 aliphatic carbocycles. The van der Waals surface area contributed by atoms with Crippen LogP contribution in [-0.2, 0) is 19.2 Å². The average molecular weight is 314 g/mol. The van der Waals surface area contributed by atoms with Gasteiger partial charge < -0.3 is 10.2 Å². The molecule has 0 heterocycles. The zero-order valence-electron chi connectivity index (χ0n) is 11.9. The van der Waals surface area contributed by atoms with Gasteiger partial charge in [-0.2, -0.15) is 0 Å².